The highest BCUT2D eigenvalue weighted by Gasteiger charge is 2.18. The van der Waals surface area contributed by atoms with Crippen molar-refractivity contribution in [1.82, 2.24) is 10.3 Å². The molecule has 2 aromatic rings. The Kier molecular flexibility index (Phi) is 3.38. The van der Waals surface area contributed by atoms with Crippen LogP contribution in [0.1, 0.15) is 36.0 Å². The summed E-state index contributed by atoms with van der Waals surface area (Å²) in [5.41, 5.74) is 1.45. The quantitative estimate of drug-likeness (QED) is 0.910. The van der Waals surface area contributed by atoms with Gasteiger partial charge in [0.15, 0.2) is 0 Å². The van der Waals surface area contributed by atoms with Crippen LogP contribution in [0.5, 0.6) is 0 Å². The number of fused-ring (bicyclic) bond motifs is 1. The predicted octanol–water partition coefficient (Wildman–Crippen LogP) is 3.56. The Labute approximate surface area is 117 Å². The van der Waals surface area contributed by atoms with Crippen LogP contribution in [-0.4, -0.2) is 16.9 Å². The molecule has 0 unspecified atom stereocenters. The third-order valence-corrected chi connectivity index (χ3v) is 3.83. The van der Waals surface area contributed by atoms with E-state index in [0.29, 0.717) is 16.6 Å². The molecule has 1 aromatic heterocycles. The summed E-state index contributed by atoms with van der Waals surface area (Å²) in [6.07, 6.45) is 6.20. The van der Waals surface area contributed by atoms with Gasteiger partial charge >= 0.3 is 0 Å². The van der Waals surface area contributed by atoms with Crippen LogP contribution in [0.3, 0.4) is 0 Å². The molecular formula is C15H15ClN2O. The molecule has 1 aliphatic carbocycles. The number of benzene rings is 1. The second-order valence-corrected chi connectivity index (χ2v) is 5.45. The van der Waals surface area contributed by atoms with Gasteiger partial charge in [0.05, 0.1) is 11.1 Å². The van der Waals surface area contributed by atoms with Gasteiger partial charge in [0.25, 0.3) is 5.91 Å². The van der Waals surface area contributed by atoms with Crippen molar-refractivity contribution in [3.05, 3.63) is 41.0 Å². The second kappa shape index (κ2) is 5.17. The summed E-state index contributed by atoms with van der Waals surface area (Å²) in [4.78, 5) is 16.4. The van der Waals surface area contributed by atoms with Crippen LogP contribution in [0.25, 0.3) is 10.9 Å². The maximum Gasteiger partial charge on any atom is 0.253 e. The van der Waals surface area contributed by atoms with E-state index in [-0.39, 0.29) is 5.91 Å². The number of carbonyl (C=O) groups is 1. The number of amides is 1. The Hall–Kier alpha value is -1.61. The molecule has 0 bridgehead atoms. The van der Waals surface area contributed by atoms with E-state index in [1.54, 1.807) is 12.3 Å². The molecule has 1 aromatic carbocycles. The number of carbonyl (C=O) groups excluding carboxylic acids is 1. The van der Waals surface area contributed by atoms with Crippen molar-refractivity contribution in [3.63, 3.8) is 0 Å². The number of hydrogen-bond acceptors (Lipinski definition) is 2. The fraction of sp³-hybridized carbons (Fsp3) is 0.333. The fourth-order valence-electron chi connectivity index (χ4n) is 2.57. The lowest BCUT2D eigenvalue weighted by atomic mass is 10.1. The summed E-state index contributed by atoms with van der Waals surface area (Å²) in [6.45, 7) is 0. The molecule has 0 radical (unpaired) electrons. The maximum absolute atomic E-state index is 12.1. The molecule has 19 heavy (non-hydrogen) atoms. The van der Waals surface area contributed by atoms with Crippen LogP contribution in [-0.2, 0) is 0 Å². The molecule has 4 heteroatoms. The SMILES string of the molecule is O=C(NC1CCCC1)c1cnc2ccc(Cl)cc2c1. The minimum absolute atomic E-state index is 0.0405. The van der Waals surface area contributed by atoms with Gasteiger partial charge in [-0.25, -0.2) is 0 Å². The summed E-state index contributed by atoms with van der Waals surface area (Å²) in [6, 6.07) is 7.66. The van der Waals surface area contributed by atoms with Crippen LogP contribution < -0.4 is 5.32 Å². The van der Waals surface area contributed by atoms with Gasteiger partial charge in [0.1, 0.15) is 0 Å². The Bertz CT molecular complexity index is 621. The summed E-state index contributed by atoms with van der Waals surface area (Å²) < 4.78 is 0. The highest BCUT2D eigenvalue weighted by molar-refractivity contribution is 6.31. The highest BCUT2D eigenvalue weighted by Crippen LogP contribution is 2.20. The highest BCUT2D eigenvalue weighted by atomic mass is 35.5. The molecule has 3 rings (SSSR count). The van der Waals surface area contributed by atoms with E-state index < -0.39 is 0 Å². The molecule has 1 N–H and O–H groups in total. The zero-order chi connectivity index (χ0) is 13.2. The molecule has 98 valence electrons. The predicted molar refractivity (Wildman–Crippen MR) is 76.5 cm³/mol. The van der Waals surface area contributed by atoms with Crippen LogP contribution in [0, 0.1) is 0 Å². The van der Waals surface area contributed by atoms with E-state index >= 15 is 0 Å². The molecule has 3 nitrogen and oxygen atoms in total. The van der Waals surface area contributed by atoms with E-state index in [9.17, 15) is 4.79 Å². The van der Waals surface area contributed by atoms with Crippen molar-refractivity contribution in [2.24, 2.45) is 0 Å². The standard InChI is InChI=1S/C15H15ClN2O/c16-12-5-6-14-10(8-12)7-11(9-17-14)15(19)18-13-3-1-2-4-13/h5-9,13H,1-4H2,(H,18,19). The van der Waals surface area contributed by atoms with Gasteiger partial charge in [-0.3, -0.25) is 9.78 Å². The lowest BCUT2D eigenvalue weighted by molar-refractivity contribution is 0.0937. The van der Waals surface area contributed by atoms with Gasteiger partial charge in [-0.15, -0.1) is 0 Å². The molecule has 1 saturated carbocycles. The lowest BCUT2D eigenvalue weighted by Gasteiger charge is -2.11. The van der Waals surface area contributed by atoms with Gasteiger partial charge in [-0.2, -0.15) is 0 Å². The smallest absolute Gasteiger partial charge is 0.253 e. The monoisotopic (exact) mass is 274 g/mol. The Morgan fingerprint density at radius 1 is 1.26 bits per heavy atom. The van der Waals surface area contributed by atoms with E-state index in [4.69, 9.17) is 11.6 Å². The Balaban J connectivity index is 1.85. The average molecular weight is 275 g/mol. The normalized spacial score (nSPS) is 15.8. The van der Waals surface area contributed by atoms with Crippen molar-refractivity contribution in [1.29, 1.82) is 0 Å². The van der Waals surface area contributed by atoms with Crippen LogP contribution in [0.4, 0.5) is 0 Å². The van der Waals surface area contributed by atoms with E-state index in [0.717, 1.165) is 23.7 Å². The number of pyridine rings is 1. The summed E-state index contributed by atoms with van der Waals surface area (Å²) in [5.74, 6) is -0.0405. The molecule has 1 amide bonds. The molecule has 1 heterocycles. The zero-order valence-electron chi connectivity index (χ0n) is 10.5. The first kappa shape index (κ1) is 12.4. The first-order chi connectivity index (χ1) is 9.22. The average Bonchev–Trinajstić information content (AvgIpc) is 2.90. The molecule has 0 atom stereocenters. The number of nitrogens with one attached hydrogen (secondary N) is 1. The van der Waals surface area contributed by atoms with Crippen LogP contribution >= 0.6 is 11.6 Å². The van der Waals surface area contributed by atoms with Gasteiger partial charge in [0.2, 0.25) is 0 Å². The molecular weight excluding hydrogens is 260 g/mol. The van der Waals surface area contributed by atoms with Gasteiger partial charge < -0.3 is 5.32 Å². The Morgan fingerprint density at radius 2 is 2.05 bits per heavy atom. The van der Waals surface area contributed by atoms with Gasteiger partial charge in [0, 0.05) is 22.6 Å². The number of halogens is 1. The summed E-state index contributed by atoms with van der Waals surface area (Å²) in [7, 11) is 0. The molecule has 0 saturated heterocycles. The first-order valence-electron chi connectivity index (χ1n) is 6.58. The van der Waals surface area contributed by atoms with Crippen molar-refractivity contribution in [2.75, 3.05) is 0 Å². The summed E-state index contributed by atoms with van der Waals surface area (Å²) in [5, 5.41) is 4.61. The fourth-order valence-corrected chi connectivity index (χ4v) is 2.75. The van der Waals surface area contributed by atoms with E-state index in [1.165, 1.54) is 12.8 Å². The molecule has 1 aliphatic rings. The topological polar surface area (TPSA) is 42.0 Å². The van der Waals surface area contributed by atoms with E-state index in [1.807, 2.05) is 18.2 Å². The van der Waals surface area contributed by atoms with Crippen molar-refractivity contribution in [3.8, 4) is 0 Å². The van der Waals surface area contributed by atoms with Crippen molar-refractivity contribution >= 4 is 28.4 Å². The first-order valence-corrected chi connectivity index (χ1v) is 6.96. The molecule has 0 spiro atoms. The summed E-state index contributed by atoms with van der Waals surface area (Å²) >= 11 is 5.96. The third kappa shape index (κ3) is 2.71. The number of aromatic nitrogens is 1. The maximum atomic E-state index is 12.1. The van der Waals surface area contributed by atoms with Crippen molar-refractivity contribution in [2.45, 2.75) is 31.7 Å². The van der Waals surface area contributed by atoms with Crippen LogP contribution in [0.2, 0.25) is 5.02 Å². The minimum atomic E-state index is -0.0405. The second-order valence-electron chi connectivity index (χ2n) is 5.02. The van der Waals surface area contributed by atoms with Gasteiger partial charge in [-0.1, -0.05) is 24.4 Å². The van der Waals surface area contributed by atoms with Gasteiger partial charge in [-0.05, 0) is 37.1 Å². The lowest BCUT2D eigenvalue weighted by Crippen LogP contribution is -2.32. The van der Waals surface area contributed by atoms with Crippen molar-refractivity contribution < 1.29 is 4.79 Å². The molecule has 0 aliphatic heterocycles. The molecule has 1 fully saturated rings. The minimum Gasteiger partial charge on any atom is -0.349 e. The van der Waals surface area contributed by atoms with E-state index in [2.05, 4.69) is 10.3 Å². The number of rotatable bonds is 2. The number of hydrogen-bond donors (Lipinski definition) is 1. The van der Waals surface area contributed by atoms with Crippen LogP contribution in [0.15, 0.2) is 30.5 Å². The Morgan fingerprint density at radius 3 is 2.84 bits per heavy atom. The largest absolute Gasteiger partial charge is 0.349 e. The number of nitrogens with zero attached hydrogens (tertiary/aromatic N) is 1. The third-order valence-electron chi connectivity index (χ3n) is 3.60. The zero-order valence-corrected chi connectivity index (χ0v) is 11.3.